The molecule has 0 unspecified atom stereocenters. The van der Waals surface area contributed by atoms with E-state index < -0.39 is 28.5 Å². The van der Waals surface area contributed by atoms with Crippen LogP contribution in [0.4, 0.5) is 5.69 Å². The molecule has 0 heterocycles. The third kappa shape index (κ3) is 7.83. The first-order valence-corrected chi connectivity index (χ1v) is 14.3. The predicted molar refractivity (Wildman–Crippen MR) is 153 cm³/mol. The van der Waals surface area contributed by atoms with Gasteiger partial charge in [-0.3, -0.25) is 13.9 Å². The molecule has 0 radical (unpaired) electrons. The molecule has 3 aromatic rings. The number of nitrogens with zero attached hydrogens (tertiary/aromatic N) is 2. The van der Waals surface area contributed by atoms with Crippen molar-refractivity contribution >= 4 is 27.5 Å². The maximum Gasteiger partial charge on any atom is 0.264 e. The van der Waals surface area contributed by atoms with Crippen LogP contribution >= 0.6 is 0 Å². The van der Waals surface area contributed by atoms with E-state index in [-0.39, 0.29) is 29.0 Å². The van der Waals surface area contributed by atoms with Crippen LogP contribution in [0.5, 0.6) is 5.75 Å². The van der Waals surface area contributed by atoms with E-state index in [0.717, 1.165) is 15.4 Å². The summed E-state index contributed by atoms with van der Waals surface area (Å²) in [6.45, 7) is 7.69. The first-order valence-electron chi connectivity index (χ1n) is 12.9. The number of hydrogen-bond acceptors (Lipinski definition) is 5. The van der Waals surface area contributed by atoms with Gasteiger partial charge in [-0.25, -0.2) is 8.42 Å². The van der Waals surface area contributed by atoms with E-state index in [9.17, 15) is 18.0 Å². The molecule has 2 amide bonds. The van der Waals surface area contributed by atoms with Gasteiger partial charge in [0.1, 0.15) is 18.3 Å². The maximum atomic E-state index is 13.9. The molecule has 0 aromatic heterocycles. The quantitative estimate of drug-likeness (QED) is 0.360. The monoisotopic (exact) mass is 551 g/mol. The number of nitrogens with one attached hydrogen (secondary N) is 1. The molecule has 0 aliphatic heterocycles. The zero-order chi connectivity index (χ0) is 28.6. The molecule has 0 spiro atoms. The first kappa shape index (κ1) is 29.7. The third-order valence-electron chi connectivity index (χ3n) is 6.24. The van der Waals surface area contributed by atoms with E-state index >= 15 is 0 Å². The van der Waals surface area contributed by atoms with Gasteiger partial charge in [0.25, 0.3) is 10.0 Å². The Morgan fingerprint density at radius 1 is 0.923 bits per heavy atom. The minimum Gasteiger partial charge on any atom is -0.497 e. The third-order valence-corrected chi connectivity index (χ3v) is 8.03. The first-order chi connectivity index (χ1) is 18.5. The fraction of sp³-hybridized carbons (Fsp3) is 0.333. The number of aryl methyl sites for hydroxylation is 1. The summed E-state index contributed by atoms with van der Waals surface area (Å²) in [6.07, 6.45) is 0. The highest BCUT2D eigenvalue weighted by Crippen LogP contribution is 2.27. The number of carbonyl (C=O) groups is 2. The van der Waals surface area contributed by atoms with Gasteiger partial charge in [-0.15, -0.1) is 0 Å². The Kier molecular flexibility index (Phi) is 10.1. The summed E-state index contributed by atoms with van der Waals surface area (Å²) in [5.41, 5.74) is 2.13. The lowest BCUT2D eigenvalue weighted by Crippen LogP contribution is -2.51. The van der Waals surface area contributed by atoms with Crippen molar-refractivity contribution in [1.82, 2.24) is 10.2 Å². The summed E-state index contributed by atoms with van der Waals surface area (Å²) in [5.74, 6) is -0.123. The summed E-state index contributed by atoms with van der Waals surface area (Å²) in [7, 11) is -2.64. The summed E-state index contributed by atoms with van der Waals surface area (Å²) >= 11 is 0. The van der Waals surface area contributed by atoms with Gasteiger partial charge >= 0.3 is 0 Å². The highest BCUT2D eigenvalue weighted by atomic mass is 32.2. The second-order valence-electron chi connectivity index (χ2n) is 9.85. The van der Waals surface area contributed by atoms with Crippen molar-refractivity contribution in [2.75, 3.05) is 24.5 Å². The van der Waals surface area contributed by atoms with Gasteiger partial charge in [0.2, 0.25) is 11.8 Å². The molecule has 0 saturated carbocycles. The standard InChI is InChI=1S/C30H37N3O5S/c1-22(2)19-31-30(35)24(4)32(20-25-12-9-11-23(3)17-25)29(34)21-33(26-13-10-14-27(18-26)38-5)39(36,37)28-15-7-6-8-16-28/h6-18,22,24H,19-21H2,1-5H3,(H,31,35)/t24-/m1/s1. The van der Waals surface area contributed by atoms with Crippen molar-refractivity contribution in [3.05, 3.63) is 90.0 Å². The number of hydrogen-bond donors (Lipinski definition) is 1. The molecular formula is C30H37N3O5S. The number of amides is 2. The lowest BCUT2D eigenvalue weighted by atomic mass is 10.1. The van der Waals surface area contributed by atoms with Crippen molar-refractivity contribution in [3.63, 3.8) is 0 Å². The lowest BCUT2D eigenvalue weighted by Gasteiger charge is -2.32. The molecule has 0 fully saturated rings. The van der Waals surface area contributed by atoms with Crippen LogP contribution in [-0.2, 0) is 26.2 Å². The number of benzene rings is 3. The van der Waals surface area contributed by atoms with Gasteiger partial charge in [-0.2, -0.15) is 0 Å². The van der Waals surface area contributed by atoms with Crippen LogP contribution in [0.3, 0.4) is 0 Å². The molecule has 3 aromatic carbocycles. The molecule has 8 nitrogen and oxygen atoms in total. The summed E-state index contributed by atoms with van der Waals surface area (Å²) < 4.78 is 34.0. The van der Waals surface area contributed by atoms with E-state index in [0.29, 0.717) is 12.3 Å². The summed E-state index contributed by atoms with van der Waals surface area (Å²) in [6, 6.07) is 21.3. The Hall–Kier alpha value is -3.85. The second kappa shape index (κ2) is 13.3. The fourth-order valence-electron chi connectivity index (χ4n) is 4.06. The van der Waals surface area contributed by atoms with Crippen LogP contribution < -0.4 is 14.4 Å². The van der Waals surface area contributed by atoms with Crippen LogP contribution in [0.15, 0.2) is 83.8 Å². The predicted octanol–water partition coefficient (Wildman–Crippen LogP) is 4.39. The lowest BCUT2D eigenvalue weighted by molar-refractivity contribution is -0.139. The molecule has 3 rings (SSSR count). The molecular weight excluding hydrogens is 514 g/mol. The van der Waals surface area contributed by atoms with Crippen LogP contribution in [0.2, 0.25) is 0 Å². The average molecular weight is 552 g/mol. The highest BCUT2D eigenvalue weighted by Gasteiger charge is 2.32. The number of carbonyl (C=O) groups excluding carboxylic acids is 2. The SMILES string of the molecule is COc1cccc(N(CC(=O)N(Cc2cccc(C)c2)[C@H](C)C(=O)NCC(C)C)S(=O)(=O)c2ccccc2)c1. The van der Waals surface area contributed by atoms with Crippen molar-refractivity contribution in [1.29, 1.82) is 0 Å². The highest BCUT2D eigenvalue weighted by molar-refractivity contribution is 7.92. The minimum absolute atomic E-state index is 0.0496. The fourth-order valence-corrected chi connectivity index (χ4v) is 5.48. The molecule has 0 aliphatic rings. The van der Waals surface area contributed by atoms with Gasteiger partial charge < -0.3 is 15.0 Å². The Bertz CT molecular complexity index is 1380. The average Bonchev–Trinajstić information content (AvgIpc) is 2.93. The maximum absolute atomic E-state index is 13.9. The van der Waals surface area contributed by atoms with Gasteiger partial charge in [-0.05, 0) is 49.6 Å². The summed E-state index contributed by atoms with van der Waals surface area (Å²) in [4.78, 5) is 28.5. The molecule has 0 bridgehead atoms. The van der Waals surface area contributed by atoms with Crippen LogP contribution in [0.25, 0.3) is 0 Å². The number of ether oxygens (including phenoxy) is 1. The number of methoxy groups -OCH3 is 1. The Morgan fingerprint density at radius 3 is 2.26 bits per heavy atom. The van der Waals surface area contributed by atoms with Gasteiger partial charge in [0.05, 0.1) is 17.7 Å². The molecule has 9 heteroatoms. The van der Waals surface area contributed by atoms with E-state index in [1.54, 1.807) is 49.4 Å². The van der Waals surface area contributed by atoms with Crippen LogP contribution in [-0.4, -0.2) is 51.4 Å². The van der Waals surface area contributed by atoms with Crippen molar-refractivity contribution in [2.24, 2.45) is 5.92 Å². The van der Waals surface area contributed by atoms with Gasteiger partial charge in [-0.1, -0.05) is 67.9 Å². The molecule has 39 heavy (non-hydrogen) atoms. The minimum atomic E-state index is -4.12. The second-order valence-corrected chi connectivity index (χ2v) is 11.7. The Labute approximate surface area is 231 Å². The number of rotatable bonds is 12. The smallest absolute Gasteiger partial charge is 0.264 e. The van der Waals surface area contributed by atoms with Crippen molar-refractivity contribution in [3.8, 4) is 5.75 Å². The van der Waals surface area contributed by atoms with E-state index in [1.165, 1.54) is 24.1 Å². The molecule has 1 atom stereocenters. The molecule has 1 N–H and O–H groups in total. The Balaban J connectivity index is 2.02. The number of anilines is 1. The molecule has 0 aliphatic carbocycles. The zero-order valence-electron chi connectivity index (χ0n) is 23.1. The van der Waals surface area contributed by atoms with Crippen molar-refractivity contribution < 1.29 is 22.7 Å². The zero-order valence-corrected chi connectivity index (χ0v) is 23.9. The normalized spacial score (nSPS) is 12.1. The van der Waals surface area contributed by atoms with E-state index in [2.05, 4.69) is 5.32 Å². The van der Waals surface area contributed by atoms with Crippen LogP contribution in [0, 0.1) is 12.8 Å². The Morgan fingerprint density at radius 2 is 1.62 bits per heavy atom. The van der Waals surface area contributed by atoms with Gasteiger partial charge in [0, 0.05) is 19.2 Å². The number of sulfonamides is 1. The van der Waals surface area contributed by atoms with E-state index in [4.69, 9.17) is 4.74 Å². The van der Waals surface area contributed by atoms with E-state index in [1.807, 2.05) is 45.0 Å². The van der Waals surface area contributed by atoms with Crippen LogP contribution in [0.1, 0.15) is 31.9 Å². The summed E-state index contributed by atoms with van der Waals surface area (Å²) in [5, 5.41) is 2.89. The molecule has 208 valence electrons. The molecule has 0 saturated heterocycles. The topological polar surface area (TPSA) is 96.0 Å². The van der Waals surface area contributed by atoms with Crippen molar-refractivity contribution in [2.45, 2.75) is 45.2 Å². The largest absolute Gasteiger partial charge is 0.497 e. The van der Waals surface area contributed by atoms with Gasteiger partial charge in [0.15, 0.2) is 0 Å².